The number of rotatable bonds is 11. The summed E-state index contributed by atoms with van der Waals surface area (Å²) in [5.41, 5.74) is 0.406. The molecule has 35 heavy (non-hydrogen) atoms. The van der Waals surface area contributed by atoms with Crippen LogP contribution in [-0.2, 0) is 17.6 Å². The zero-order chi connectivity index (χ0) is 24.8. The largest absolute Gasteiger partial charge is 0.493 e. The molecule has 1 atom stereocenters. The quantitative estimate of drug-likeness (QED) is 0.258. The van der Waals surface area contributed by atoms with E-state index in [0.29, 0.717) is 36.8 Å². The van der Waals surface area contributed by atoms with Crippen molar-refractivity contribution in [2.75, 3.05) is 6.61 Å². The molecule has 0 spiro atoms. The Kier molecular flexibility index (Phi) is 7.56. The van der Waals surface area contributed by atoms with Gasteiger partial charge in [-0.1, -0.05) is 37.3 Å². The average molecular weight is 492 g/mol. The summed E-state index contributed by atoms with van der Waals surface area (Å²) in [5, 5.41) is 9.96. The third-order valence-corrected chi connectivity index (χ3v) is 6.87. The van der Waals surface area contributed by atoms with Gasteiger partial charge in [0.05, 0.1) is 17.2 Å². The monoisotopic (exact) mass is 491 g/mol. The molecule has 6 nitrogen and oxygen atoms in total. The van der Waals surface area contributed by atoms with E-state index in [9.17, 15) is 9.90 Å². The Hall–Kier alpha value is -3.58. The molecule has 0 radical (unpaired) electrons. The highest BCUT2D eigenvalue weighted by Crippen LogP contribution is 2.29. The molecule has 0 aliphatic rings. The fourth-order valence-corrected chi connectivity index (χ4v) is 4.63. The Morgan fingerprint density at radius 3 is 2.40 bits per heavy atom. The second-order valence-electron chi connectivity index (χ2n) is 8.42. The van der Waals surface area contributed by atoms with Gasteiger partial charge < -0.3 is 19.0 Å². The van der Waals surface area contributed by atoms with Crippen LogP contribution in [0, 0.1) is 13.8 Å². The first-order valence-electron chi connectivity index (χ1n) is 11.6. The average Bonchev–Trinajstić information content (AvgIpc) is 3.45. The summed E-state index contributed by atoms with van der Waals surface area (Å²) in [7, 11) is 0. The van der Waals surface area contributed by atoms with Crippen LogP contribution in [0.2, 0.25) is 0 Å². The standard InChI is InChI=1S/C28H29NO5S/c1-4-28(27(30)31,34-23-8-6-5-7-9-23)18-21-11-13-22(14-12-21)32-17-16-24-20(3)33-26(29-24)25-15-10-19(2)35-25/h5-15H,4,16-18H2,1-3H3,(H,30,31)/t28-/m0/s1. The molecule has 0 fully saturated rings. The maximum absolute atomic E-state index is 12.2. The smallest absolute Gasteiger partial charge is 0.348 e. The van der Waals surface area contributed by atoms with Crippen LogP contribution in [0.5, 0.6) is 11.5 Å². The first-order chi connectivity index (χ1) is 16.9. The van der Waals surface area contributed by atoms with Crippen molar-refractivity contribution in [2.24, 2.45) is 0 Å². The van der Waals surface area contributed by atoms with Gasteiger partial charge in [0, 0.05) is 17.7 Å². The van der Waals surface area contributed by atoms with E-state index >= 15 is 0 Å². The highest BCUT2D eigenvalue weighted by Gasteiger charge is 2.39. The van der Waals surface area contributed by atoms with Gasteiger partial charge in [0.25, 0.3) is 0 Å². The van der Waals surface area contributed by atoms with E-state index < -0.39 is 11.6 Å². The number of aryl methyl sites for hydroxylation is 2. The summed E-state index contributed by atoms with van der Waals surface area (Å²) in [5.74, 6) is 1.72. The minimum absolute atomic E-state index is 0.247. The van der Waals surface area contributed by atoms with E-state index in [2.05, 4.69) is 18.0 Å². The van der Waals surface area contributed by atoms with Crippen LogP contribution < -0.4 is 9.47 Å². The van der Waals surface area contributed by atoms with E-state index in [1.54, 1.807) is 23.5 Å². The number of carboxylic acid groups (broad SMARTS) is 1. The molecule has 0 amide bonds. The number of benzene rings is 2. The molecule has 7 heteroatoms. The van der Waals surface area contributed by atoms with Gasteiger partial charge in [0.1, 0.15) is 17.3 Å². The zero-order valence-corrected chi connectivity index (χ0v) is 20.9. The first-order valence-corrected chi connectivity index (χ1v) is 12.4. The van der Waals surface area contributed by atoms with E-state index in [1.807, 2.05) is 62.4 Å². The van der Waals surface area contributed by atoms with Crippen molar-refractivity contribution < 1.29 is 23.8 Å². The van der Waals surface area contributed by atoms with Crippen LogP contribution in [0.15, 0.2) is 71.1 Å². The van der Waals surface area contributed by atoms with Crippen molar-refractivity contribution in [1.82, 2.24) is 4.98 Å². The van der Waals surface area contributed by atoms with Crippen molar-refractivity contribution >= 4 is 17.3 Å². The van der Waals surface area contributed by atoms with Crippen LogP contribution in [0.1, 0.15) is 35.2 Å². The summed E-state index contributed by atoms with van der Waals surface area (Å²) < 4.78 is 17.7. The van der Waals surface area contributed by atoms with E-state index in [4.69, 9.17) is 13.9 Å². The lowest BCUT2D eigenvalue weighted by molar-refractivity contribution is -0.155. The van der Waals surface area contributed by atoms with Crippen LogP contribution in [0.25, 0.3) is 10.8 Å². The minimum Gasteiger partial charge on any atom is -0.493 e. The van der Waals surface area contributed by atoms with Crippen molar-refractivity contribution in [3.8, 4) is 22.3 Å². The Labute approximate surface area is 209 Å². The second kappa shape index (κ2) is 10.8. The molecular formula is C28H29NO5S. The lowest BCUT2D eigenvalue weighted by Gasteiger charge is -2.29. The fourth-order valence-electron chi connectivity index (χ4n) is 3.83. The molecule has 4 aromatic rings. The zero-order valence-electron chi connectivity index (χ0n) is 20.1. The molecule has 0 saturated heterocycles. The van der Waals surface area contributed by atoms with Gasteiger partial charge >= 0.3 is 5.97 Å². The van der Waals surface area contributed by atoms with Crippen molar-refractivity contribution in [3.05, 3.63) is 88.6 Å². The minimum atomic E-state index is -1.34. The Morgan fingerprint density at radius 1 is 1.03 bits per heavy atom. The summed E-state index contributed by atoms with van der Waals surface area (Å²) >= 11 is 1.66. The van der Waals surface area contributed by atoms with Crippen molar-refractivity contribution in [1.29, 1.82) is 0 Å². The van der Waals surface area contributed by atoms with Crippen LogP contribution in [0.4, 0.5) is 0 Å². The van der Waals surface area contributed by atoms with Crippen LogP contribution >= 0.6 is 11.3 Å². The number of thiophene rings is 1. The van der Waals surface area contributed by atoms with Crippen LogP contribution in [-0.4, -0.2) is 28.3 Å². The maximum atomic E-state index is 12.2. The lowest BCUT2D eigenvalue weighted by atomic mass is 9.91. The van der Waals surface area contributed by atoms with Crippen LogP contribution in [0.3, 0.4) is 0 Å². The Bertz CT molecular complexity index is 1260. The molecule has 2 heterocycles. The number of carbonyl (C=O) groups is 1. The van der Waals surface area contributed by atoms with Gasteiger partial charge in [-0.25, -0.2) is 9.78 Å². The number of hydrogen-bond acceptors (Lipinski definition) is 6. The normalized spacial score (nSPS) is 12.8. The van der Waals surface area contributed by atoms with E-state index in [1.165, 1.54) is 4.88 Å². The molecule has 0 bridgehead atoms. The summed E-state index contributed by atoms with van der Waals surface area (Å²) in [6.45, 7) is 6.26. The van der Waals surface area contributed by atoms with E-state index in [0.717, 1.165) is 21.9 Å². The molecular weight excluding hydrogens is 462 g/mol. The van der Waals surface area contributed by atoms with Gasteiger partial charge in [-0.05, 0) is 62.2 Å². The number of aromatic nitrogens is 1. The van der Waals surface area contributed by atoms with Gasteiger partial charge in [0.2, 0.25) is 11.5 Å². The number of nitrogens with zero attached hydrogens (tertiary/aromatic N) is 1. The highest BCUT2D eigenvalue weighted by atomic mass is 32.1. The number of ether oxygens (including phenoxy) is 2. The molecule has 0 aliphatic carbocycles. The SMILES string of the molecule is CC[C@@](Cc1ccc(OCCc2nc(-c3ccc(C)s3)oc2C)cc1)(Oc1ccccc1)C(=O)O. The third-order valence-electron chi connectivity index (χ3n) is 5.88. The molecule has 2 aromatic carbocycles. The molecule has 0 unspecified atom stereocenters. The summed E-state index contributed by atoms with van der Waals surface area (Å²) in [4.78, 5) is 19.0. The van der Waals surface area contributed by atoms with Gasteiger partial charge in [-0.15, -0.1) is 11.3 Å². The lowest BCUT2D eigenvalue weighted by Crippen LogP contribution is -2.46. The van der Waals surface area contributed by atoms with Crippen molar-refractivity contribution in [3.63, 3.8) is 0 Å². The molecule has 182 valence electrons. The molecule has 4 rings (SSSR count). The summed E-state index contributed by atoms with van der Waals surface area (Å²) in [6.07, 6.45) is 1.21. The predicted octanol–water partition coefficient (Wildman–Crippen LogP) is 6.50. The predicted molar refractivity (Wildman–Crippen MR) is 136 cm³/mol. The first kappa shape index (κ1) is 24.5. The van der Waals surface area contributed by atoms with Crippen molar-refractivity contribution in [2.45, 2.75) is 45.6 Å². The third kappa shape index (κ3) is 5.92. The number of carboxylic acids is 1. The maximum Gasteiger partial charge on any atom is 0.348 e. The van der Waals surface area contributed by atoms with E-state index in [-0.39, 0.29) is 6.42 Å². The second-order valence-corrected chi connectivity index (χ2v) is 9.71. The number of oxazole rings is 1. The number of hydrogen-bond donors (Lipinski definition) is 1. The Morgan fingerprint density at radius 2 is 1.77 bits per heavy atom. The number of aliphatic carboxylic acids is 1. The van der Waals surface area contributed by atoms with Gasteiger partial charge in [0.15, 0.2) is 0 Å². The molecule has 1 N–H and O–H groups in total. The molecule has 0 saturated carbocycles. The fraction of sp³-hybridized carbons (Fsp3) is 0.286. The summed E-state index contributed by atoms with van der Waals surface area (Å²) in [6, 6.07) is 20.6. The topological polar surface area (TPSA) is 81.8 Å². The van der Waals surface area contributed by atoms with Gasteiger partial charge in [-0.3, -0.25) is 0 Å². The Balaban J connectivity index is 1.36. The molecule has 2 aromatic heterocycles. The molecule has 0 aliphatic heterocycles. The van der Waals surface area contributed by atoms with Gasteiger partial charge in [-0.2, -0.15) is 0 Å². The number of para-hydroxylation sites is 1. The highest BCUT2D eigenvalue weighted by molar-refractivity contribution is 7.15.